The summed E-state index contributed by atoms with van der Waals surface area (Å²) < 4.78 is 12.8. The molecule has 5 heteroatoms. The Morgan fingerprint density at radius 1 is 1.04 bits per heavy atom. The van der Waals surface area contributed by atoms with Gasteiger partial charge in [0.05, 0.1) is 12.6 Å². The summed E-state index contributed by atoms with van der Waals surface area (Å²) in [5.74, 6) is 0.536. The average molecular weight is 381 g/mol. The minimum absolute atomic E-state index is 0.219. The number of benzene rings is 2. The van der Waals surface area contributed by atoms with Crippen LogP contribution in [0.5, 0.6) is 17.2 Å². The number of hydrogen-bond donors (Lipinski definition) is 1. The third kappa shape index (κ3) is 4.30. The second-order valence-corrected chi connectivity index (χ2v) is 6.85. The van der Waals surface area contributed by atoms with Gasteiger partial charge in [0.1, 0.15) is 12.4 Å². The Balaban J connectivity index is 2.01. The van der Waals surface area contributed by atoms with Crippen molar-refractivity contribution in [3.63, 3.8) is 0 Å². The maximum atomic E-state index is 12.9. The van der Waals surface area contributed by atoms with Gasteiger partial charge in [-0.1, -0.05) is 56.5 Å². The molecule has 1 N–H and O–H groups in total. The van der Waals surface area contributed by atoms with E-state index in [1.165, 1.54) is 0 Å². The lowest BCUT2D eigenvalue weighted by molar-refractivity contribution is 0.290. The van der Waals surface area contributed by atoms with Crippen LogP contribution in [0.4, 0.5) is 0 Å². The largest absolute Gasteiger partial charge is 0.500 e. The SMILES string of the molecule is CCCCCCn1c(=O)c(O)c(OCc2ccccc2)c2ccc(OC)cc21. The van der Waals surface area contributed by atoms with E-state index in [4.69, 9.17) is 9.47 Å². The first-order valence-corrected chi connectivity index (χ1v) is 9.76. The molecule has 0 bridgehead atoms. The predicted molar refractivity (Wildman–Crippen MR) is 111 cm³/mol. The van der Waals surface area contributed by atoms with Crippen LogP contribution in [-0.2, 0) is 13.2 Å². The number of ether oxygens (including phenoxy) is 2. The normalized spacial score (nSPS) is 10.9. The van der Waals surface area contributed by atoms with E-state index < -0.39 is 5.56 Å². The fourth-order valence-corrected chi connectivity index (χ4v) is 3.31. The molecule has 0 aliphatic carbocycles. The molecule has 1 aromatic heterocycles. The van der Waals surface area contributed by atoms with Crippen molar-refractivity contribution in [1.29, 1.82) is 0 Å². The number of nitrogens with zero attached hydrogens (tertiary/aromatic N) is 1. The molecular formula is C23H27NO4. The molecule has 2 aromatic carbocycles. The van der Waals surface area contributed by atoms with E-state index in [2.05, 4.69) is 6.92 Å². The molecule has 148 valence electrons. The molecule has 0 saturated carbocycles. The Kier molecular flexibility index (Phi) is 6.58. The fourth-order valence-electron chi connectivity index (χ4n) is 3.31. The minimum atomic E-state index is -0.430. The van der Waals surface area contributed by atoms with Gasteiger partial charge in [-0.05, 0) is 24.1 Å². The van der Waals surface area contributed by atoms with E-state index in [1.54, 1.807) is 11.7 Å². The predicted octanol–water partition coefficient (Wildman–Crippen LogP) is 4.88. The van der Waals surface area contributed by atoms with E-state index in [9.17, 15) is 9.90 Å². The zero-order valence-electron chi connectivity index (χ0n) is 16.5. The van der Waals surface area contributed by atoms with E-state index in [1.807, 2.05) is 48.5 Å². The summed E-state index contributed by atoms with van der Waals surface area (Å²) in [6.07, 6.45) is 4.17. The van der Waals surface area contributed by atoms with Crippen LogP contribution in [-0.4, -0.2) is 16.8 Å². The van der Waals surface area contributed by atoms with Gasteiger partial charge in [0.15, 0.2) is 5.75 Å². The highest BCUT2D eigenvalue weighted by molar-refractivity contribution is 5.88. The minimum Gasteiger partial charge on any atom is -0.500 e. The van der Waals surface area contributed by atoms with Crippen LogP contribution >= 0.6 is 0 Å². The van der Waals surface area contributed by atoms with Crippen LogP contribution in [0.3, 0.4) is 0 Å². The zero-order chi connectivity index (χ0) is 19.9. The Hall–Kier alpha value is -2.95. The van der Waals surface area contributed by atoms with Gasteiger partial charge in [0.2, 0.25) is 5.75 Å². The van der Waals surface area contributed by atoms with Gasteiger partial charge < -0.3 is 19.1 Å². The third-order valence-electron chi connectivity index (χ3n) is 4.86. The molecule has 0 spiro atoms. The van der Waals surface area contributed by atoms with Gasteiger partial charge in [-0.15, -0.1) is 0 Å². The number of hydrogen-bond acceptors (Lipinski definition) is 4. The highest BCUT2D eigenvalue weighted by Crippen LogP contribution is 2.34. The smallest absolute Gasteiger partial charge is 0.297 e. The molecule has 0 radical (unpaired) electrons. The summed E-state index contributed by atoms with van der Waals surface area (Å²) in [6.45, 7) is 2.97. The molecule has 0 aliphatic rings. The molecule has 0 saturated heterocycles. The van der Waals surface area contributed by atoms with Crippen LogP contribution in [0.1, 0.15) is 38.2 Å². The van der Waals surface area contributed by atoms with Crippen molar-refractivity contribution in [1.82, 2.24) is 4.57 Å². The first-order chi connectivity index (χ1) is 13.7. The highest BCUT2D eigenvalue weighted by Gasteiger charge is 2.18. The van der Waals surface area contributed by atoms with Crippen LogP contribution < -0.4 is 15.0 Å². The van der Waals surface area contributed by atoms with Gasteiger partial charge >= 0.3 is 0 Å². The molecule has 0 unspecified atom stereocenters. The molecule has 0 aliphatic heterocycles. The van der Waals surface area contributed by atoms with Crippen LogP contribution in [0, 0.1) is 0 Å². The van der Waals surface area contributed by atoms with Gasteiger partial charge in [-0.25, -0.2) is 0 Å². The Morgan fingerprint density at radius 3 is 2.54 bits per heavy atom. The average Bonchev–Trinajstić information content (AvgIpc) is 2.73. The summed E-state index contributed by atoms with van der Waals surface area (Å²) in [7, 11) is 1.60. The standard InChI is InChI=1S/C23H27NO4/c1-3-4-5-9-14-24-20-15-18(27-2)12-13-19(20)22(21(25)23(24)26)28-16-17-10-7-6-8-11-17/h6-8,10-13,15,25H,3-5,9,14,16H2,1-2H3. The van der Waals surface area contributed by atoms with E-state index >= 15 is 0 Å². The van der Waals surface area contributed by atoms with Crippen LogP contribution in [0.15, 0.2) is 53.3 Å². The number of pyridine rings is 1. The van der Waals surface area contributed by atoms with Crippen molar-refractivity contribution in [3.05, 3.63) is 64.4 Å². The monoisotopic (exact) mass is 381 g/mol. The molecule has 3 rings (SSSR count). The van der Waals surface area contributed by atoms with Gasteiger partial charge in [0.25, 0.3) is 5.56 Å². The molecule has 0 fully saturated rings. The van der Waals surface area contributed by atoms with Crippen molar-refractivity contribution in [2.45, 2.75) is 45.8 Å². The van der Waals surface area contributed by atoms with Gasteiger partial charge in [-0.2, -0.15) is 0 Å². The van der Waals surface area contributed by atoms with E-state index in [0.717, 1.165) is 31.2 Å². The molecule has 3 aromatic rings. The third-order valence-corrected chi connectivity index (χ3v) is 4.86. The first kappa shape index (κ1) is 19.8. The summed E-state index contributed by atoms with van der Waals surface area (Å²) >= 11 is 0. The molecular weight excluding hydrogens is 354 g/mol. The van der Waals surface area contributed by atoms with Crippen molar-refractivity contribution < 1.29 is 14.6 Å². The number of methoxy groups -OCH3 is 1. The summed E-state index contributed by atoms with van der Waals surface area (Å²) in [5, 5.41) is 11.3. The number of aryl methyl sites for hydroxylation is 1. The Morgan fingerprint density at radius 2 is 1.82 bits per heavy atom. The van der Waals surface area contributed by atoms with Crippen LogP contribution in [0.2, 0.25) is 0 Å². The maximum absolute atomic E-state index is 12.9. The lowest BCUT2D eigenvalue weighted by Crippen LogP contribution is -2.21. The van der Waals surface area contributed by atoms with Crippen molar-refractivity contribution in [3.8, 4) is 17.2 Å². The van der Waals surface area contributed by atoms with E-state index in [-0.39, 0.29) is 18.1 Å². The molecule has 28 heavy (non-hydrogen) atoms. The van der Waals surface area contributed by atoms with Crippen LogP contribution in [0.25, 0.3) is 10.9 Å². The number of fused-ring (bicyclic) bond motifs is 1. The maximum Gasteiger partial charge on any atom is 0.297 e. The lowest BCUT2D eigenvalue weighted by atomic mass is 10.1. The number of aromatic nitrogens is 1. The Bertz CT molecular complexity index is 979. The van der Waals surface area contributed by atoms with Gasteiger partial charge in [-0.3, -0.25) is 4.79 Å². The summed E-state index contributed by atoms with van der Waals surface area (Å²) in [6, 6.07) is 15.1. The van der Waals surface area contributed by atoms with Crippen molar-refractivity contribution >= 4 is 10.9 Å². The molecule has 1 heterocycles. The molecule has 0 atom stereocenters. The summed E-state index contributed by atoms with van der Waals surface area (Å²) in [4.78, 5) is 12.9. The van der Waals surface area contributed by atoms with Gasteiger partial charge in [0, 0.05) is 18.0 Å². The second-order valence-electron chi connectivity index (χ2n) is 6.85. The second kappa shape index (κ2) is 9.31. The van der Waals surface area contributed by atoms with E-state index in [0.29, 0.717) is 23.2 Å². The highest BCUT2D eigenvalue weighted by atomic mass is 16.5. The molecule has 5 nitrogen and oxygen atoms in total. The molecule has 0 amide bonds. The quantitative estimate of drug-likeness (QED) is 0.537. The number of aromatic hydroxyl groups is 1. The summed E-state index contributed by atoms with van der Waals surface area (Å²) in [5.41, 5.74) is 1.24. The van der Waals surface area contributed by atoms with Crippen molar-refractivity contribution in [2.24, 2.45) is 0 Å². The van der Waals surface area contributed by atoms with Crippen molar-refractivity contribution in [2.75, 3.05) is 7.11 Å². The first-order valence-electron chi connectivity index (χ1n) is 9.76. The Labute approximate surface area is 165 Å². The number of rotatable bonds is 9. The lowest BCUT2D eigenvalue weighted by Gasteiger charge is -2.17. The fraction of sp³-hybridized carbons (Fsp3) is 0.348. The number of unbranched alkanes of at least 4 members (excludes halogenated alkanes) is 3. The zero-order valence-corrected chi connectivity index (χ0v) is 16.5. The topological polar surface area (TPSA) is 60.7 Å².